The number of hydrogen-bond donors (Lipinski definition) is 2. The summed E-state index contributed by atoms with van der Waals surface area (Å²) in [6.45, 7) is 2.60. The van der Waals surface area contributed by atoms with Crippen molar-refractivity contribution in [2.75, 3.05) is 11.9 Å². The number of benzene rings is 1. The molecule has 0 saturated heterocycles. The Morgan fingerprint density at radius 1 is 1.47 bits per heavy atom. The minimum Gasteiger partial charge on any atom is -0.494 e. The van der Waals surface area contributed by atoms with Gasteiger partial charge in [-0.3, -0.25) is 4.79 Å². The van der Waals surface area contributed by atoms with Crippen molar-refractivity contribution in [1.29, 1.82) is 0 Å². The molecule has 1 saturated carbocycles. The summed E-state index contributed by atoms with van der Waals surface area (Å²) in [6, 6.07) is 8.08. The first-order valence-corrected chi connectivity index (χ1v) is 6.91. The molecular formula is C15H21NO3. The Morgan fingerprint density at radius 3 is 3.05 bits per heavy atom. The predicted octanol–water partition coefficient (Wildman–Crippen LogP) is 3.14. The highest BCUT2D eigenvalue weighted by Gasteiger charge is 2.26. The molecule has 0 bridgehead atoms. The summed E-state index contributed by atoms with van der Waals surface area (Å²) >= 11 is 0. The van der Waals surface area contributed by atoms with E-state index in [-0.39, 0.29) is 12.0 Å². The van der Waals surface area contributed by atoms with Crippen LogP contribution >= 0.6 is 0 Å². The molecule has 1 fully saturated rings. The number of carboxylic acid groups (broad SMARTS) is 1. The minimum atomic E-state index is -0.672. The third-order valence-corrected chi connectivity index (χ3v) is 3.54. The summed E-state index contributed by atoms with van der Waals surface area (Å²) in [5.41, 5.74) is 1.00. The van der Waals surface area contributed by atoms with Gasteiger partial charge in [-0.1, -0.05) is 12.5 Å². The molecule has 1 aromatic carbocycles. The number of ether oxygens (including phenoxy) is 1. The molecule has 2 atom stereocenters. The van der Waals surface area contributed by atoms with E-state index in [1.54, 1.807) is 0 Å². The van der Waals surface area contributed by atoms with Crippen molar-refractivity contribution < 1.29 is 14.6 Å². The molecule has 1 aromatic rings. The second-order valence-corrected chi connectivity index (χ2v) is 5.00. The topological polar surface area (TPSA) is 58.6 Å². The van der Waals surface area contributed by atoms with Crippen LogP contribution in [0.2, 0.25) is 0 Å². The smallest absolute Gasteiger partial charge is 0.306 e. The van der Waals surface area contributed by atoms with E-state index in [2.05, 4.69) is 5.32 Å². The van der Waals surface area contributed by atoms with Gasteiger partial charge in [-0.25, -0.2) is 0 Å². The lowest BCUT2D eigenvalue weighted by molar-refractivity contribution is -0.142. The van der Waals surface area contributed by atoms with Gasteiger partial charge in [0.05, 0.1) is 12.5 Å². The fourth-order valence-corrected chi connectivity index (χ4v) is 2.62. The number of carboxylic acids is 1. The van der Waals surface area contributed by atoms with Gasteiger partial charge in [0.25, 0.3) is 0 Å². The van der Waals surface area contributed by atoms with Crippen LogP contribution in [0.1, 0.15) is 32.6 Å². The third kappa shape index (κ3) is 3.88. The van der Waals surface area contributed by atoms with Gasteiger partial charge in [0.1, 0.15) is 5.75 Å². The highest BCUT2D eigenvalue weighted by molar-refractivity contribution is 5.70. The van der Waals surface area contributed by atoms with Crippen LogP contribution in [0, 0.1) is 5.92 Å². The molecule has 2 N–H and O–H groups in total. The Morgan fingerprint density at radius 2 is 2.32 bits per heavy atom. The molecule has 4 nitrogen and oxygen atoms in total. The van der Waals surface area contributed by atoms with Crippen LogP contribution in [0.3, 0.4) is 0 Å². The van der Waals surface area contributed by atoms with Crippen LogP contribution in [0.5, 0.6) is 5.75 Å². The average Bonchev–Trinajstić information content (AvgIpc) is 2.40. The molecule has 0 spiro atoms. The number of hydrogen-bond acceptors (Lipinski definition) is 3. The highest BCUT2D eigenvalue weighted by Crippen LogP contribution is 2.28. The monoisotopic (exact) mass is 263 g/mol. The molecule has 2 unspecified atom stereocenters. The van der Waals surface area contributed by atoms with Gasteiger partial charge >= 0.3 is 5.97 Å². The molecule has 4 heteroatoms. The van der Waals surface area contributed by atoms with Crippen LogP contribution in [0.25, 0.3) is 0 Å². The van der Waals surface area contributed by atoms with Gasteiger partial charge in [0.15, 0.2) is 0 Å². The predicted molar refractivity (Wildman–Crippen MR) is 74.6 cm³/mol. The summed E-state index contributed by atoms with van der Waals surface area (Å²) < 4.78 is 5.46. The normalized spacial score (nSPS) is 22.8. The Bertz CT molecular complexity index is 433. The largest absolute Gasteiger partial charge is 0.494 e. The molecule has 0 amide bonds. The van der Waals surface area contributed by atoms with Gasteiger partial charge < -0.3 is 15.2 Å². The van der Waals surface area contributed by atoms with Crippen molar-refractivity contribution in [1.82, 2.24) is 0 Å². The van der Waals surface area contributed by atoms with E-state index < -0.39 is 5.97 Å². The maximum absolute atomic E-state index is 11.0. The summed E-state index contributed by atoms with van der Waals surface area (Å²) in [7, 11) is 0. The lowest BCUT2D eigenvalue weighted by atomic mass is 9.85. The van der Waals surface area contributed by atoms with Crippen molar-refractivity contribution in [2.45, 2.75) is 38.6 Å². The van der Waals surface area contributed by atoms with Crippen LogP contribution in [-0.4, -0.2) is 23.7 Å². The molecular weight excluding hydrogens is 242 g/mol. The lowest BCUT2D eigenvalue weighted by Crippen LogP contribution is -2.30. The van der Waals surface area contributed by atoms with Crippen molar-refractivity contribution in [3.63, 3.8) is 0 Å². The summed E-state index contributed by atoms with van der Waals surface area (Å²) in [4.78, 5) is 11.0. The molecule has 0 radical (unpaired) electrons. The maximum atomic E-state index is 11.0. The average molecular weight is 263 g/mol. The van der Waals surface area contributed by atoms with Crippen molar-refractivity contribution in [3.05, 3.63) is 24.3 Å². The second kappa shape index (κ2) is 6.45. The summed E-state index contributed by atoms with van der Waals surface area (Å²) in [6.07, 6.45) is 3.50. The molecule has 0 aromatic heterocycles. The zero-order chi connectivity index (χ0) is 13.7. The van der Waals surface area contributed by atoms with Crippen molar-refractivity contribution >= 4 is 11.7 Å². The van der Waals surface area contributed by atoms with Crippen LogP contribution < -0.4 is 10.1 Å². The van der Waals surface area contributed by atoms with E-state index in [0.717, 1.165) is 30.7 Å². The quantitative estimate of drug-likeness (QED) is 0.856. The molecule has 1 aliphatic carbocycles. The molecule has 2 rings (SSSR count). The van der Waals surface area contributed by atoms with Crippen molar-refractivity contribution in [2.24, 2.45) is 5.92 Å². The van der Waals surface area contributed by atoms with Gasteiger partial charge in [-0.2, -0.15) is 0 Å². The first-order chi connectivity index (χ1) is 9.19. The standard InChI is InChI=1S/C15H21NO3/c1-2-19-14-8-4-7-13(10-14)16-12-6-3-5-11(9-12)15(17)18/h4,7-8,10-12,16H,2-3,5-6,9H2,1H3,(H,17,18). The summed E-state index contributed by atoms with van der Waals surface area (Å²) in [5.74, 6) is -0.0333. The number of rotatable bonds is 5. The van der Waals surface area contributed by atoms with Gasteiger partial charge in [-0.15, -0.1) is 0 Å². The van der Waals surface area contributed by atoms with E-state index in [1.807, 2.05) is 31.2 Å². The Labute approximate surface area is 113 Å². The first kappa shape index (κ1) is 13.7. The Balaban J connectivity index is 1.96. The molecule has 0 aliphatic heterocycles. The Hall–Kier alpha value is -1.71. The van der Waals surface area contributed by atoms with Gasteiger partial charge in [0.2, 0.25) is 0 Å². The second-order valence-electron chi connectivity index (χ2n) is 5.00. The van der Waals surface area contributed by atoms with Crippen LogP contribution in [0.15, 0.2) is 24.3 Å². The zero-order valence-electron chi connectivity index (χ0n) is 11.3. The van der Waals surface area contributed by atoms with Gasteiger partial charge in [-0.05, 0) is 38.3 Å². The van der Waals surface area contributed by atoms with E-state index >= 15 is 0 Å². The van der Waals surface area contributed by atoms with Crippen LogP contribution in [-0.2, 0) is 4.79 Å². The van der Waals surface area contributed by atoms with Gasteiger partial charge in [0, 0.05) is 17.8 Å². The SMILES string of the molecule is CCOc1cccc(NC2CCCC(C(=O)O)C2)c1. The number of aliphatic carboxylic acids is 1. The summed E-state index contributed by atoms with van der Waals surface area (Å²) in [5, 5.41) is 12.5. The number of carbonyl (C=O) groups is 1. The van der Waals surface area contributed by atoms with Crippen molar-refractivity contribution in [3.8, 4) is 5.75 Å². The zero-order valence-corrected chi connectivity index (χ0v) is 11.3. The van der Waals surface area contributed by atoms with Crippen LogP contribution in [0.4, 0.5) is 5.69 Å². The maximum Gasteiger partial charge on any atom is 0.306 e. The first-order valence-electron chi connectivity index (χ1n) is 6.91. The molecule has 104 valence electrons. The fraction of sp³-hybridized carbons (Fsp3) is 0.533. The Kier molecular flexibility index (Phi) is 4.66. The fourth-order valence-electron chi connectivity index (χ4n) is 2.62. The molecule has 0 heterocycles. The minimum absolute atomic E-state index is 0.207. The highest BCUT2D eigenvalue weighted by atomic mass is 16.5. The van der Waals surface area contributed by atoms with E-state index in [1.165, 1.54) is 0 Å². The van der Waals surface area contributed by atoms with E-state index in [4.69, 9.17) is 9.84 Å². The number of nitrogens with one attached hydrogen (secondary N) is 1. The number of anilines is 1. The molecule has 1 aliphatic rings. The third-order valence-electron chi connectivity index (χ3n) is 3.54. The van der Waals surface area contributed by atoms with E-state index in [9.17, 15) is 4.79 Å². The van der Waals surface area contributed by atoms with E-state index in [0.29, 0.717) is 13.0 Å². The molecule has 19 heavy (non-hydrogen) atoms. The lowest BCUT2D eigenvalue weighted by Gasteiger charge is -2.28.